The molecule has 0 saturated carbocycles. The molecule has 0 bridgehead atoms. The molecular weight excluding hydrogens is 475 g/mol. The lowest BCUT2D eigenvalue weighted by atomic mass is 10.2. The first-order valence-electron chi connectivity index (χ1n) is 8.94. The van der Waals surface area contributed by atoms with Gasteiger partial charge in [0.15, 0.2) is 0 Å². The molecule has 31 heavy (non-hydrogen) atoms. The van der Waals surface area contributed by atoms with Crippen molar-refractivity contribution in [2.45, 2.75) is 27.8 Å². The Kier molecular flexibility index (Phi) is 6.51. The minimum atomic E-state index is -4.50. The zero-order chi connectivity index (χ0) is 23.0. The number of nitrogens with one attached hydrogen (secondary N) is 1. The average Bonchev–Trinajstić information content (AvgIpc) is 3.12. The van der Waals surface area contributed by atoms with Gasteiger partial charge in [-0.25, -0.2) is 16.8 Å². The summed E-state index contributed by atoms with van der Waals surface area (Å²) in [5, 5.41) is 7.71. The van der Waals surface area contributed by atoms with E-state index < -0.39 is 20.0 Å². The number of hydrogen-bond acceptors (Lipinski definition) is 7. The van der Waals surface area contributed by atoms with Crippen molar-refractivity contribution in [1.82, 2.24) is 0 Å². The SMILES string of the molecule is CSc1sc(C(=N)N)cc1N(S(=O)(=O)c1ccc(C)cc1)S(=O)(=O)c1ccc(C)cc1. The zero-order valence-electron chi connectivity index (χ0n) is 17.0. The van der Waals surface area contributed by atoms with Crippen LogP contribution in [0.2, 0.25) is 0 Å². The first-order chi connectivity index (χ1) is 14.5. The second kappa shape index (κ2) is 8.65. The maximum atomic E-state index is 13.6. The number of rotatable bonds is 7. The van der Waals surface area contributed by atoms with E-state index in [9.17, 15) is 16.8 Å². The minimum Gasteiger partial charge on any atom is -0.383 e. The fraction of sp³-hybridized carbons (Fsp3) is 0.150. The van der Waals surface area contributed by atoms with Gasteiger partial charge in [0.2, 0.25) is 0 Å². The van der Waals surface area contributed by atoms with Crippen LogP contribution in [-0.4, -0.2) is 28.9 Å². The smallest absolute Gasteiger partial charge is 0.277 e. The molecule has 0 aliphatic carbocycles. The van der Waals surface area contributed by atoms with Gasteiger partial charge >= 0.3 is 0 Å². The fourth-order valence-electron chi connectivity index (χ4n) is 2.77. The third-order valence-electron chi connectivity index (χ3n) is 4.40. The minimum absolute atomic E-state index is 0.0520. The van der Waals surface area contributed by atoms with E-state index in [-0.39, 0.29) is 26.2 Å². The number of anilines is 1. The van der Waals surface area contributed by atoms with Crippen LogP contribution in [-0.2, 0) is 20.0 Å². The van der Waals surface area contributed by atoms with E-state index in [1.165, 1.54) is 42.1 Å². The van der Waals surface area contributed by atoms with Gasteiger partial charge in [-0.2, -0.15) is 3.71 Å². The van der Waals surface area contributed by atoms with Gasteiger partial charge in [-0.05, 0) is 50.4 Å². The van der Waals surface area contributed by atoms with Gasteiger partial charge in [-0.1, -0.05) is 35.4 Å². The third-order valence-corrected chi connectivity index (χ3v) is 10.9. The summed E-state index contributed by atoms with van der Waals surface area (Å²) in [5.41, 5.74) is 7.22. The molecule has 0 radical (unpaired) electrons. The maximum absolute atomic E-state index is 13.6. The molecule has 3 rings (SSSR count). The third kappa shape index (κ3) is 4.49. The predicted octanol–water partition coefficient (Wildman–Crippen LogP) is 3.96. The van der Waals surface area contributed by atoms with E-state index in [2.05, 4.69) is 0 Å². The number of aryl methyl sites for hydroxylation is 2. The van der Waals surface area contributed by atoms with Gasteiger partial charge < -0.3 is 5.73 Å². The molecule has 1 aromatic heterocycles. The molecule has 164 valence electrons. The van der Waals surface area contributed by atoms with Crippen LogP contribution in [0, 0.1) is 19.3 Å². The highest BCUT2D eigenvalue weighted by molar-refractivity contribution is 8.10. The number of amidine groups is 1. The molecule has 2 aromatic carbocycles. The number of sulfonamides is 2. The summed E-state index contributed by atoms with van der Waals surface area (Å²) < 4.78 is 55.4. The van der Waals surface area contributed by atoms with Crippen LogP contribution in [0.4, 0.5) is 5.69 Å². The molecule has 3 N–H and O–H groups in total. The number of nitrogens with zero attached hydrogens (tertiary/aromatic N) is 1. The summed E-state index contributed by atoms with van der Waals surface area (Å²) in [6, 6.07) is 13.2. The summed E-state index contributed by atoms with van der Waals surface area (Å²) in [6.45, 7) is 3.61. The summed E-state index contributed by atoms with van der Waals surface area (Å²) in [7, 11) is -9.01. The Balaban J connectivity index is 2.33. The largest absolute Gasteiger partial charge is 0.383 e. The number of nitrogens with two attached hydrogens (primary N) is 1. The highest BCUT2D eigenvalue weighted by Gasteiger charge is 2.39. The van der Waals surface area contributed by atoms with Crippen molar-refractivity contribution in [3.8, 4) is 0 Å². The van der Waals surface area contributed by atoms with Gasteiger partial charge in [0.05, 0.1) is 24.6 Å². The van der Waals surface area contributed by atoms with E-state index >= 15 is 0 Å². The number of benzene rings is 2. The highest BCUT2D eigenvalue weighted by atomic mass is 32.3. The standard InChI is InChI=1S/C20H21N3O4S4/c1-13-4-8-15(9-5-13)30(24,25)23(17-12-18(19(21)22)29-20(17)28-3)31(26,27)16-10-6-14(2)7-11-16/h4-12H,1-3H3,(H3,21,22). The topological polar surface area (TPSA) is 121 Å². The molecule has 1 heterocycles. The quantitative estimate of drug-likeness (QED) is 0.291. The second-order valence-electron chi connectivity index (χ2n) is 6.73. The van der Waals surface area contributed by atoms with E-state index in [1.54, 1.807) is 44.4 Å². The van der Waals surface area contributed by atoms with Crippen molar-refractivity contribution in [3.63, 3.8) is 0 Å². The Morgan fingerprint density at radius 3 is 1.68 bits per heavy atom. The lowest BCUT2D eigenvalue weighted by molar-refractivity contribution is 0.584. The van der Waals surface area contributed by atoms with Crippen molar-refractivity contribution in [1.29, 1.82) is 5.41 Å². The Labute approximate surface area is 190 Å². The van der Waals surface area contributed by atoms with Gasteiger partial charge in [0.1, 0.15) is 5.84 Å². The first-order valence-corrected chi connectivity index (χ1v) is 13.9. The predicted molar refractivity (Wildman–Crippen MR) is 126 cm³/mol. The summed E-state index contributed by atoms with van der Waals surface area (Å²) in [6.07, 6.45) is 1.70. The van der Waals surface area contributed by atoms with E-state index in [0.717, 1.165) is 22.5 Å². The van der Waals surface area contributed by atoms with Crippen LogP contribution in [0.1, 0.15) is 16.0 Å². The normalized spacial score (nSPS) is 12.0. The molecule has 0 aliphatic rings. The fourth-order valence-corrected chi connectivity index (χ4v) is 8.40. The lowest BCUT2D eigenvalue weighted by Crippen LogP contribution is -2.37. The van der Waals surface area contributed by atoms with E-state index in [0.29, 0.717) is 7.92 Å². The van der Waals surface area contributed by atoms with Crippen molar-refractivity contribution < 1.29 is 16.8 Å². The van der Waals surface area contributed by atoms with Gasteiger partial charge in [-0.15, -0.1) is 23.1 Å². The van der Waals surface area contributed by atoms with Crippen molar-refractivity contribution in [3.05, 3.63) is 70.6 Å². The molecule has 0 saturated heterocycles. The lowest BCUT2D eigenvalue weighted by Gasteiger charge is -2.24. The Bertz CT molecular complexity index is 1250. The van der Waals surface area contributed by atoms with Gasteiger partial charge in [-0.3, -0.25) is 5.41 Å². The number of thioether (sulfide) groups is 1. The van der Waals surface area contributed by atoms with Crippen LogP contribution in [0.15, 0.2) is 68.6 Å². The van der Waals surface area contributed by atoms with Gasteiger partial charge in [0, 0.05) is 0 Å². The molecule has 3 aromatic rings. The molecular formula is C20H21N3O4S4. The molecule has 7 nitrogen and oxygen atoms in total. The van der Waals surface area contributed by atoms with Crippen LogP contribution < -0.4 is 9.44 Å². The molecule has 0 atom stereocenters. The van der Waals surface area contributed by atoms with Gasteiger partial charge in [0.25, 0.3) is 20.0 Å². The zero-order valence-corrected chi connectivity index (χ0v) is 20.3. The van der Waals surface area contributed by atoms with Crippen LogP contribution >= 0.6 is 23.1 Å². The number of hydrogen-bond donors (Lipinski definition) is 2. The molecule has 0 fully saturated rings. The van der Waals surface area contributed by atoms with E-state index in [4.69, 9.17) is 11.1 Å². The van der Waals surface area contributed by atoms with Crippen LogP contribution in [0.3, 0.4) is 0 Å². The Morgan fingerprint density at radius 1 is 0.903 bits per heavy atom. The Morgan fingerprint density at radius 2 is 1.32 bits per heavy atom. The molecule has 0 amide bonds. The van der Waals surface area contributed by atoms with Crippen molar-refractivity contribution in [2.24, 2.45) is 5.73 Å². The molecule has 0 aliphatic heterocycles. The molecule has 11 heteroatoms. The number of thiophene rings is 1. The maximum Gasteiger partial charge on any atom is 0.277 e. The first kappa shape index (κ1) is 23.3. The van der Waals surface area contributed by atoms with Crippen molar-refractivity contribution >= 4 is 54.7 Å². The highest BCUT2D eigenvalue weighted by Crippen LogP contribution is 2.42. The summed E-state index contributed by atoms with van der Waals surface area (Å²) in [4.78, 5) is -0.0320. The molecule has 0 spiro atoms. The summed E-state index contributed by atoms with van der Waals surface area (Å²) >= 11 is 2.25. The second-order valence-corrected chi connectivity index (χ2v) is 12.7. The average molecular weight is 496 g/mol. The van der Waals surface area contributed by atoms with Crippen LogP contribution in [0.25, 0.3) is 0 Å². The van der Waals surface area contributed by atoms with Crippen LogP contribution in [0.5, 0.6) is 0 Å². The van der Waals surface area contributed by atoms with Crippen molar-refractivity contribution in [2.75, 3.05) is 9.97 Å². The Hall–Kier alpha value is -2.34. The summed E-state index contributed by atoms with van der Waals surface area (Å²) in [5.74, 6) is -0.271. The van der Waals surface area contributed by atoms with E-state index in [1.807, 2.05) is 0 Å². The monoisotopic (exact) mass is 495 g/mol. The molecule has 0 unspecified atom stereocenters. The number of nitrogen functional groups attached to an aromatic ring is 1.